The SMILES string of the molecule is N#CC1=C(Cl)N=CC(C(F)(F)F)C1=O. The number of nitriles is 1. The molecule has 0 saturated heterocycles. The number of rotatable bonds is 0. The van der Waals surface area contributed by atoms with E-state index in [-0.39, 0.29) is 0 Å². The van der Waals surface area contributed by atoms with E-state index in [0.29, 0.717) is 6.21 Å². The number of nitrogens with zero attached hydrogens (tertiary/aromatic N) is 2. The van der Waals surface area contributed by atoms with Crippen LogP contribution in [0.5, 0.6) is 0 Å². The van der Waals surface area contributed by atoms with Gasteiger partial charge in [-0.2, -0.15) is 18.4 Å². The summed E-state index contributed by atoms with van der Waals surface area (Å²) in [4.78, 5) is 14.2. The number of carbonyl (C=O) groups excluding carboxylic acids is 1. The standard InChI is InChI=1S/C7H2ClF3N2O/c8-6-3(1-12)5(14)4(2-13-6)7(9,10)11/h2,4H. The number of halogens is 4. The zero-order chi connectivity index (χ0) is 10.9. The summed E-state index contributed by atoms with van der Waals surface area (Å²) in [6.07, 6.45) is -4.34. The fraction of sp³-hybridized carbons (Fsp3) is 0.286. The minimum Gasteiger partial charge on any atom is -0.292 e. The molecule has 0 saturated carbocycles. The molecule has 14 heavy (non-hydrogen) atoms. The summed E-state index contributed by atoms with van der Waals surface area (Å²) in [5.41, 5.74) is -0.753. The van der Waals surface area contributed by atoms with E-state index < -0.39 is 28.6 Å². The average Bonchev–Trinajstić information content (AvgIpc) is 2.02. The largest absolute Gasteiger partial charge is 0.403 e. The van der Waals surface area contributed by atoms with Gasteiger partial charge in [-0.05, 0) is 0 Å². The van der Waals surface area contributed by atoms with Crippen LogP contribution in [0.15, 0.2) is 15.7 Å². The number of carbonyl (C=O) groups is 1. The van der Waals surface area contributed by atoms with Gasteiger partial charge in [-0.1, -0.05) is 11.6 Å². The monoisotopic (exact) mass is 222 g/mol. The van der Waals surface area contributed by atoms with E-state index in [4.69, 9.17) is 16.9 Å². The predicted octanol–water partition coefficient (Wildman–Crippen LogP) is 1.79. The highest BCUT2D eigenvalue weighted by Crippen LogP contribution is 2.31. The lowest BCUT2D eigenvalue weighted by Crippen LogP contribution is -2.34. The van der Waals surface area contributed by atoms with Crippen LogP contribution in [0.2, 0.25) is 0 Å². The third kappa shape index (κ3) is 1.77. The van der Waals surface area contributed by atoms with Crippen LogP contribution in [0, 0.1) is 17.2 Å². The second-order valence-corrected chi connectivity index (χ2v) is 2.80. The summed E-state index contributed by atoms with van der Waals surface area (Å²) in [6, 6.07) is 1.29. The molecule has 0 bridgehead atoms. The van der Waals surface area contributed by atoms with Gasteiger partial charge in [-0.15, -0.1) is 0 Å². The molecule has 74 valence electrons. The maximum atomic E-state index is 12.1. The van der Waals surface area contributed by atoms with Gasteiger partial charge in [0, 0.05) is 6.21 Å². The normalized spacial score (nSPS) is 22.5. The third-order valence-electron chi connectivity index (χ3n) is 1.54. The van der Waals surface area contributed by atoms with Crippen molar-refractivity contribution in [2.45, 2.75) is 6.18 Å². The van der Waals surface area contributed by atoms with Crippen LogP contribution in [0.1, 0.15) is 0 Å². The fourth-order valence-corrected chi connectivity index (χ4v) is 1.06. The first-order valence-electron chi connectivity index (χ1n) is 3.33. The molecule has 1 heterocycles. The Hall–Kier alpha value is -1.35. The highest BCUT2D eigenvalue weighted by atomic mass is 35.5. The molecule has 1 unspecified atom stereocenters. The Kier molecular flexibility index (Phi) is 2.62. The molecule has 0 aromatic carbocycles. The first-order chi connectivity index (χ1) is 6.38. The van der Waals surface area contributed by atoms with Crippen LogP contribution >= 0.6 is 11.6 Å². The Labute approximate surface area is 81.5 Å². The van der Waals surface area contributed by atoms with Gasteiger partial charge in [0.2, 0.25) is 0 Å². The van der Waals surface area contributed by atoms with Crippen molar-refractivity contribution < 1.29 is 18.0 Å². The Morgan fingerprint density at radius 2 is 2.14 bits per heavy atom. The van der Waals surface area contributed by atoms with Gasteiger partial charge in [0.25, 0.3) is 0 Å². The van der Waals surface area contributed by atoms with Crippen LogP contribution < -0.4 is 0 Å². The first-order valence-corrected chi connectivity index (χ1v) is 3.70. The predicted molar refractivity (Wildman–Crippen MR) is 41.5 cm³/mol. The molecule has 1 aliphatic rings. The molecule has 0 fully saturated rings. The van der Waals surface area contributed by atoms with E-state index in [1.165, 1.54) is 6.07 Å². The van der Waals surface area contributed by atoms with E-state index in [0.717, 1.165) is 0 Å². The van der Waals surface area contributed by atoms with Gasteiger partial charge >= 0.3 is 6.18 Å². The van der Waals surface area contributed by atoms with Crippen molar-refractivity contribution in [1.82, 2.24) is 0 Å². The molecule has 1 aliphatic heterocycles. The van der Waals surface area contributed by atoms with E-state index >= 15 is 0 Å². The lowest BCUT2D eigenvalue weighted by atomic mass is 9.97. The van der Waals surface area contributed by atoms with Crippen LogP contribution in [0.4, 0.5) is 13.2 Å². The fourth-order valence-electron chi connectivity index (χ4n) is 0.864. The molecule has 1 rings (SSSR count). The highest BCUT2D eigenvalue weighted by Gasteiger charge is 2.46. The van der Waals surface area contributed by atoms with Gasteiger partial charge in [-0.25, -0.2) is 4.99 Å². The molecule has 0 N–H and O–H groups in total. The quantitative estimate of drug-likeness (QED) is 0.587. The molecule has 7 heteroatoms. The number of hydrogen-bond donors (Lipinski definition) is 0. The van der Waals surface area contributed by atoms with Crippen molar-refractivity contribution in [3.05, 3.63) is 10.7 Å². The summed E-state index contributed by atoms with van der Waals surface area (Å²) in [5, 5.41) is 7.86. The van der Waals surface area contributed by atoms with E-state index in [1.807, 2.05) is 0 Å². The Balaban J connectivity index is 3.11. The lowest BCUT2D eigenvalue weighted by Gasteiger charge is -2.17. The van der Waals surface area contributed by atoms with Crippen molar-refractivity contribution >= 4 is 23.6 Å². The zero-order valence-corrected chi connectivity index (χ0v) is 7.23. The summed E-state index contributed by atoms with van der Waals surface area (Å²) in [6.45, 7) is 0. The molecule has 0 aliphatic carbocycles. The van der Waals surface area contributed by atoms with Crippen LogP contribution in [0.3, 0.4) is 0 Å². The molecule has 0 amide bonds. The average molecular weight is 223 g/mol. The van der Waals surface area contributed by atoms with E-state index in [1.54, 1.807) is 0 Å². The third-order valence-corrected chi connectivity index (χ3v) is 1.82. The summed E-state index contributed by atoms with van der Waals surface area (Å²) in [5.74, 6) is -3.72. The van der Waals surface area contributed by atoms with Crippen molar-refractivity contribution in [2.24, 2.45) is 10.9 Å². The maximum Gasteiger partial charge on any atom is 0.403 e. The van der Waals surface area contributed by atoms with Crippen LogP contribution in [-0.4, -0.2) is 18.2 Å². The highest BCUT2D eigenvalue weighted by molar-refractivity contribution is 6.34. The van der Waals surface area contributed by atoms with Gasteiger partial charge in [0.15, 0.2) is 11.7 Å². The molecule has 0 aromatic rings. The zero-order valence-electron chi connectivity index (χ0n) is 6.47. The molecule has 0 radical (unpaired) electrons. The first kappa shape index (κ1) is 10.7. The van der Waals surface area contributed by atoms with Gasteiger partial charge < -0.3 is 0 Å². The molecular formula is C7H2ClF3N2O. The summed E-state index contributed by atoms with van der Waals surface area (Å²) < 4.78 is 36.4. The smallest absolute Gasteiger partial charge is 0.292 e. The number of alkyl halides is 3. The van der Waals surface area contributed by atoms with Gasteiger partial charge in [-0.3, -0.25) is 4.79 Å². The minimum absolute atomic E-state index is 0.394. The molecule has 0 aromatic heterocycles. The molecule has 0 spiro atoms. The Morgan fingerprint density at radius 1 is 1.57 bits per heavy atom. The van der Waals surface area contributed by atoms with Gasteiger partial charge in [0.1, 0.15) is 16.8 Å². The molecule has 1 atom stereocenters. The topological polar surface area (TPSA) is 53.2 Å². The number of hydrogen-bond acceptors (Lipinski definition) is 3. The second kappa shape index (κ2) is 3.42. The summed E-state index contributed by atoms with van der Waals surface area (Å²) >= 11 is 5.26. The Bertz CT molecular complexity index is 377. The van der Waals surface area contributed by atoms with Crippen LogP contribution in [-0.2, 0) is 4.79 Å². The van der Waals surface area contributed by atoms with E-state index in [9.17, 15) is 18.0 Å². The maximum absolute atomic E-state index is 12.1. The number of Topliss-reactive ketones (excluding diaryl/α,β-unsaturated/α-hetero) is 1. The molecule has 3 nitrogen and oxygen atoms in total. The Morgan fingerprint density at radius 3 is 2.57 bits per heavy atom. The van der Waals surface area contributed by atoms with Crippen molar-refractivity contribution in [1.29, 1.82) is 5.26 Å². The van der Waals surface area contributed by atoms with Crippen molar-refractivity contribution in [3.63, 3.8) is 0 Å². The molecular weight excluding hydrogens is 221 g/mol. The van der Waals surface area contributed by atoms with E-state index in [2.05, 4.69) is 4.99 Å². The number of ketones is 1. The van der Waals surface area contributed by atoms with Crippen LogP contribution in [0.25, 0.3) is 0 Å². The van der Waals surface area contributed by atoms with Crippen molar-refractivity contribution in [3.8, 4) is 6.07 Å². The van der Waals surface area contributed by atoms with Crippen molar-refractivity contribution in [2.75, 3.05) is 0 Å². The van der Waals surface area contributed by atoms with Gasteiger partial charge in [0.05, 0.1) is 0 Å². The second-order valence-electron chi connectivity index (χ2n) is 2.44. The lowest BCUT2D eigenvalue weighted by molar-refractivity contribution is -0.163. The summed E-state index contributed by atoms with van der Waals surface area (Å²) in [7, 11) is 0. The minimum atomic E-state index is -4.74. The number of aliphatic imine (C=N–C) groups is 1. The number of allylic oxidation sites excluding steroid dienone is 1.